The molecule has 0 unspecified atom stereocenters. The molecule has 0 saturated carbocycles. The summed E-state index contributed by atoms with van der Waals surface area (Å²) < 4.78 is 37.5. The van der Waals surface area contributed by atoms with Crippen molar-refractivity contribution in [3.63, 3.8) is 0 Å². The normalized spacial score (nSPS) is 12.7. The third-order valence-electron chi connectivity index (χ3n) is 4.10. The summed E-state index contributed by atoms with van der Waals surface area (Å²) in [7, 11) is -3.80. The van der Waals surface area contributed by atoms with Gasteiger partial charge >= 0.3 is 0 Å². The van der Waals surface area contributed by atoms with Crippen LogP contribution in [-0.2, 0) is 10.0 Å². The Morgan fingerprint density at radius 2 is 1.73 bits per heavy atom. The van der Waals surface area contributed by atoms with Crippen molar-refractivity contribution in [1.82, 2.24) is 9.97 Å². The number of hydrogen-bond acceptors (Lipinski definition) is 8. The number of carbonyl (C=O) groups is 1. The van der Waals surface area contributed by atoms with E-state index in [0.717, 1.165) is 0 Å². The molecule has 9 nitrogen and oxygen atoms in total. The van der Waals surface area contributed by atoms with E-state index in [-0.39, 0.29) is 23.4 Å². The van der Waals surface area contributed by atoms with Crippen LogP contribution >= 0.6 is 0 Å². The highest BCUT2D eigenvalue weighted by Crippen LogP contribution is 2.32. The van der Waals surface area contributed by atoms with E-state index in [4.69, 9.17) is 9.47 Å². The molecule has 2 heterocycles. The zero-order valence-electron chi connectivity index (χ0n) is 15.5. The monoisotopic (exact) mass is 424 g/mol. The fraction of sp³-hybridized carbons (Fsp3) is 0.0500. The summed E-state index contributed by atoms with van der Waals surface area (Å²) in [4.78, 5) is 20.0. The first-order valence-electron chi connectivity index (χ1n) is 8.78. The highest BCUT2D eigenvalue weighted by Gasteiger charge is 2.16. The molecule has 0 fully saturated rings. The van der Waals surface area contributed by atoms with Crippen molar-refractivity contribution in [3.8, 4) is 11.5 Å². The van der Waals surface area contributed by atoms with Crippen molar-refractivity contribution in [3.05, 3.63) is 78.8 Å². The van der Waals surface area contributed by atoms with E-state index >= 15 is 0 Å². The van der Waals surface area contributed by atoms with Gasteiger partial charge in [0.15, 0.2) is 17.3 Å². The van der Waals surface area contributed by atoms with Crippen molar-refractivity contribution >= 4 is 27.4 Å². The van der Waals surface area contributed by atoms with Gasteiger partial charge in [0.25, 0.3) is 10.0 Å². The minimum Gasteiger partial charge on any atom is -0.454 e. The van der Waals surface area contributed by atoms with Gasteiger partial charge in [-0.3, -0.25) is 4.79 Å². The van der Waals surface area contributed by atoms with E-state index in [2.05, 4.69) is 20.0 Å². The van der Waals surface area contributed by atoms with Crippen LogP contribution in [0, 0.1) is 0 Å². The van der Waals surface area contributed by atoms with Gasteiger partial charge in [-0.2, -0.15) is 0 Å². The third-order valence-corrected chi connectivity index (χ3v) is 5.44. The molecular weight excluding hydrogens is 408 g/mol. The molecule has 0 atom stereocenters. The van der Waals surface area contributed by atoms with E-state index in [1.54, 1.807) is 36.4 Å². The van der Waals surface area contributed by atoms with Crippen LogP contribution in [0.1, 0.15) is 10.4 Å². The van der Waals surface area contributed by atoms with Crippen LogP contribution in [-0.4, -0.2) is 31.0 Å². The Bertz CT molecular complexity index is 1200. The maximum Gasteiger partial charge on any atom is 0.264 e. The van der Waals surface area contributed by atoms with Crippen LogP contribution in [0.4, 0.5) is 11.6 Å². The SMILES string of the molecule is O=C(/C=C/Nc1ccc(S(=O)(=O)Nc2ncccn2)cc1)c1ccc2c(c1)OCO2. The number of fused-ring (bicyclic) bond motifs is 1. The maximum atomic E-state index is 12.4. The highest BCUT2D eigenvalue weighted by molar-refractivity contribution is 7.92. The van der Waals surface area contributed by atoms with Crippen LogP contribution < -0.4 is 19.5 Å². The number of aromatic nitrogens is 2. The first-order chi connectivity index (χ1) is 14.5. The second-order valence-corrected chi connectivity index (χ2v) is 7.79. The number of anilines is 2. The summed E-state index contributed by atoms with van der Waals surface area (Å²) in [6.07, 6.45) is 5.73. The van der Waals surface area contributed by atoms with Gasteiger partial charge < -0.3 is 14.8 Å². The average molecular weight is 424 g/mol. The molecule has 1 aliphatic heterocycles. The van der Waals surface area contributed by atoms with Gasteiger partial charge in [-0.25, -0.2) is 23.1 Å². The molecule has 10 heteroatoms. The van der Waals surface area contributed by atoms with Crippen molar-refractivity contribution in [2.24, 2.45) is 0 Å². The first-order valence-corrected chi connectivity index (χ1v) is 10.3. The number of nitrogens with zero attached hydrogens (tertiary/aromatic N) is 2. The summed E-state index contributed by atoms with van der Waals surface area (Å²) in [6, 6.07) is 12.6. The minimum atomic E-state index is -3.80. The van der Waals surface area contributed by atoms with E-state index in [0.29, 0.717) is 22.7 Å². The standard InChI is InChI=1S/C20H16N4O5S/c25-17(14-2-7-18-19(12-14)29-13-28-18)8-11-21-15-3-5-16(6-4-15)30(26,27)24-20-22-9-1-10-23-20/h1-12,21H,13H2,(H,22,23,24)/b11-8+. The second kappa shape index (κ2) is 8.21. The van der Waals surface area contributed by atoms with Gasteiger partial charge in [0.1, 0.15) is 0 Å². The predicted molar refractivity (Wildman–Crippen MR) is 109 cm³/mol. The molecule has 2 N–H and O–H groups in total. The number of rotatable bonds is 7. The first kappa shape index (κ1) is 19.4. The second-order valence-electron chi connectivity index (χ2n) is 6.11. The molecule has 0 spiro atoms. The molecule has 0 amide bonds. The fourth-order valence-electron chi connectivity index (χ4n) is 2.62. The van der Waals surface area contributed by atoms with Crippen LogP contribution in [0.3, 0.4) is 0 Å². The number of ether oxygens (including phenoxy) is 2. The van der Waals surface area contributed by atoms with E-state index < -0.39 is 10.0 Å². The lowest BCUT2D eigenvalue weighted by Crippen LogP contribution is -2.14. The number of ketones is 1. The molecule has 0 aliphatic carbocycles. The van der Waals surface area contributed by atoms with Crippen molar-refractivity contribution in [2.75, 3.05) is 16.8 Å². The topological polar surface area (TPSA) is 120 Å². The van der Waals surface area contributed by atoms with E-state index in [1.165, 1.54) is 36.8 Å². The van der Waals surface area contributed by atoms with Crippen molar-refractivity contribution in [2.45, 2.75) is 4.90 Å². The molecule has 3 aromatic rings. The van der Waals surface area contributed by atoms with Gasteiger partial charge in [-0.1, -0.05) is 0 Å². The quantitative estimate of drug-likeness (QED) is 0.439. The smallest absolute Gasteiger partial charge is 0.264 e. The van der Waals surface area contributed by atoms with Crippen molar-refractivity contribution < 1.29 is 22.7 Å². The van der Waals surface area contributed by atoms with Crippen LogP contribution in [0.5, 0.6) is 11.5 Å². The zero-order chi connectivity index (χ0) is 21.0. The number of benzene rings is 2. The molecule has 0 saturated heterocycles. The van der Waals surface area contributed by atoms with Gasteiger partial charge in [0.2, 0.25) is 12.7 Å². The molecule has 4 rings (SSSR count). The Morgan fingerprint density at radius 3 is 2.50 bits per heavy atom. The molecular formula is C20H16N4O5S. The molecule has 0 radical (unpaired) electrons. The number of hydrogen-bond donors (Lipinski definition) is 2. The van der Waals surface area contributed by atoms with Crippen LogP contribution in [0.15, 0.2) is 78.1 Å². The Morgan fingerprint density at radius 1 is 1.00 bits per heavy atom. The average Bonchev–Trinajstić information content (AvgIpc) is 3.22. The highest BCUT2D eigenvalue weighted by atomic mass is 32.2. The van der Waals surface area contributed by atoms with Gasteiger partial charge in [-0.15, -0.1) is 0 Å². The fourth-order valence-corrected chi connectivity index (χ4v) is 3.58. The Kier molecular flexibility index (Phi) is 5.31. The summed E-state index contributed by atoms with van der Waals surface area (Å²) in [6.45, 7) is 0.143. The molecule has 1 aliphatic rings. The van der Waals surface area contributed by atoms with E-state index in [1.807, 2.05) is 0 Å². The molecule has 152 valence electrons. The minimum absolute atomic E-state index is 0.00957. The van der Waals surface area contributed by atoms with Gasteiger partial charge in [0, 0.05) is 35.9 Å². The lowest BCUT2D eigenvalue weighted by molar-refractivity contribution is 0.104. The van der Waals surface area contributed by atoms with Gasteiger partial charge in [-0.05, 0) is 48.5 Å². The zero-order valence-corrected chi connectivity index (χ0v) is 16.3. The number of carbonyl (C=O) groups excluding carboxylic acids is 1. The number of nitrogens with one attached hydrogen (secondary N) is 2. The van der Waals surface area contributed by atoms with E-state index in [9.17, 15) is 13.2 Å². The summed E-state index contributed by atoms with van der Waals surface area (Å²) in [5, 5.41) is 2.93. The summed E-state index contributed by atoms with van der Waals surface area (Å²) in [5.74, 6) is 0.919. The van der Waals surface area contributed by atoms with Crippen LogP contribution in [0.25, 0.3) is 0 Å². The van der Waals surface area contributed by atoms with Crippen LogP contribution in [0.2, 0.25) is 0 Å². The Hall–Kier alpha value is -3.92. The summed E-state index contributed by atoms with van der Waals surface area (Å²) >= 11 is 0. The molecule has 2 aromatic carbocycles. The lowest BCUT2D eigenvalue weighted by atomic mass is 10.1. The Balaban J connectivity index is 1.38. The molecule has 1 aromatic heterocycles. The van der Waals surface area contributed by atoms with Gasteiger partial charge in [0.05, 0.1) is 4.90 Å². The summed E-state index contributed by atoms with van der Waals surface area (Å²) in [5.41, 5.74) is 1.08. The maximum absolute atomic E-state index is 12.4. The molecule has 0 bridgehead atoms. The lowest BCUT2D eigenvalue weighted by Gasteiger charge is -2.07. The number of allylic oxidation sites excluding steroid dienone is 1. The van der Waals surface area contributed by atoms with Crippen molar-refractivity contribution in [1.29, 1.82) is 0 Å². The Labute approximate surface area is 172 Å². The largest absolute Gasteiger partial charge is 0.454 e. The predicted octanol–water partition coefficient (Wildman–Crippen LogP) is 2.81. The molecule has 30 heavy (non-hydrogen) atoms. The third kappa shape index (κ3) is 4.39. The number of sulfonamides is 1.